The van der Waals surface area contributed by atoms with E-state index in [1.54, 1.807) is 12.1 Å². The molecule has 0 unspecified atom stereocenters. The summed E-state index contributed by atoms with van der Waals surface area (Å²) in [5.74, 6) is -0.729. The Hall–Kier alpha value is -1.62. The number of nitrogens with zero attached hydrogens (tertiary/aromatic N) is 1. The molecule has 18 heavy (non-hydrogen) atoms. The Labute approximate surface area is 107 Å². The van der Waals surface area contributed by atoms with Crippen LogP contribution < -0.4 is 10.6 Å². The van der Waals surface area contributed by atoms with Gasteiger partial charge in [0.05, 0.1) is 11.3 Å². The molecular formula is C13H20FN3O. The van der Waals surface area contributed by atoms with Crippen molar-refractivity contribution < 1.29 is 9.50 Å². The summed E-state index contributed by atoms with van der Waals surface area (Å²) in [6.45, 7) is 0.937. The predicted molar refractivity (Wildman–Crippen MR) is 71.6 cm³/mol. The fourth-order valence-electron chi connectivity index (χ4n) is 1.86. The second-order valence-corrected chi connectivity index (χ2v) is 4.25. The van der Waals surface area contributed by atoms with E-state index in [-0.39, 0.29) is 18.0 Å². The maximum Gasteiger partial charge on any atom is 0.136 e. The SMILES string of the molecule is CN(CCCCCO)c1cccc(F)c1C(=N)N. The molecule has 0 aliphatic carbocycles. The van der Waals surface area contributed by atoms with Crippen LogP contribution in [0.2, 0.25) is 0 Å². The van der Waals surface area contributed by atoms with Crippen molar-refractivity contribution in [3.8, 4) is 0 Å². The first-order valence-corrected chi connectivity index (χ1v) is 6.02. The molecule has 0 atom stereocenters. The number of nitrogens with one attached hydrogen (secondary N) is 1. The lowest BCUT2D eigenvalue weighted by Gasteiger charge is -2.22. The van der Waals surface area contributed by atoms with Gasteiger partial charge in [-0.2, -0.15) is 0 Å². The fourth-order valence-corrected chi connectivity index (χ4v) is 1.86. The van der Waals surface area contributed by atoms with E-state index >= 15 is 0 Å². The van der Waals surface area contributed by atoms with Gasteiger partial charge in [-0.3, -0.25) is 5.41 Å². The van der Waals surface area contributed by atoms with Crippen molar-refractivity contribution in [1.29, 1.82) is 5.41 Å². The third-order valence-corrected chi connectivity index (χ3v) is 2.82. The maximum absolute atomic E-state index is 13.6. The highest BCUT2D eigenvalue weighted by atomic mass is 19.1. The largest absolute Gasteiger partial charge is 0.396 e. The molecule has 4 nitrogen and oxygen atoms in total. The minimum atomic E-state index is -0.470. The smallest absolute Gasteiger partial charge is 0.136 e. The van der Waals surface area contributed by atoms with Crippen molar-refractivity contribution in [2.24, 2.45) is 5.73 Å². The van der Waals surface area contributed by atoms with Crippen molar-refractivity contribution in [1.82, 2.24) is 0 Å². The van der Waals surface area contributed by atoms with Crippen molar-refractivity contribution in [3.05, 3.63) is 29.6 Å². The molecule has 0 spiro atoms. The molecule has 0 aliphatic heterocycles. The normalized spacial score (nSPS) is 10.4. The molecule has 4 N–H and O–H groups in total. The van der Waals surface area contributed by atoms with E-state index < -0.39 is 5.82 Å². The highest BCUT2D eigenvalue weighted by molar-refractivity contribution is 6.00. The van der Waals surface area contributed by atoms with Gasteiger partial charge in [0.2, 0.25) is 0 Å². The van der Waals surface area contributed by atoms with Gasteiger partial charge in [0.15, 0.2) is 0 Å². The second kappa shape index (κ2) is 6.96. The monoisotopic (exact) mass is 253 g/mol. The van der Waals surface area contributed by atoms with E-state index in [1.807, 2.05) is 11.9 Å². The standard InChI is InChI=1S/C13H20FN3O/c1-17(8-3-2-4-9-18)11-7-5-6-10(14)12(11)13(15)16/h5-7,18H,2-4,8-9H2,1H3,(H3,15,16). The minimum absolute atomic E-state index is 0.155. The van der Waals surface area contributed by atoms with Crippen LogP contribution in [-0.4, -0.2) is 31.1 Å². The van der Waals surface area contributed by atoms with E-state index in [9.17, 15) is 4.39 Å². The molecular weight excluding hydrogens is 233 g/mol. The number of amidine groups is 1. The van der Waals surface area contributed by atoms with Crippen molar-refractivity contribution in [3.63, 3.8) is 0 Å². The summed E-state index contributed by atoms with van der Waals surface area (Å²) in [6.07, 6.45) is 2.60. The number of hydrogen-bond acceptors (Lipinski definition) is 3. The second-order valence-electron chi connectivity index (χ2n) is 4.25. The van der Waals surface area contributed by atoms with Crippen molar-refractivity contribution >= 4 is 11.5 Å². The molecule has 5 heteroatoms. The molecule has 0 heterocycles. The van der Waals surface area contributed by atoms with E-state index in [0.717, 1.165) is 25.8 Å². The predicted octanol–water partition coefficient (Wildman–Crippen LogP) is 1.71. The molecule has 1 rings (SSSR count). The summed E-state index contributed by atoms with van der Waals surface area (Å²) < 4.78 is 13.6. The molecule has 0 amide bonds. The first kappa shape index (κ1) is 14.4. The number of aliphatic hydroxyl groups is 1. The van der Waals surface area contributed by atoms with Crippen LogP contribution in [0.3, 0.4) is 0 Å². The van der Waals surface area contributed by atoms with Crippen LogP contribution in [0.4, 0.5) is 10.1 Å². The quantitative estimate of drug-likeness (QED) is 0.393. The Morgan fingerprint density at radius 1 is 1.39 bits per heavy atom. The average molecular weight is 253 g/mol. The van der Waals surface area contributed by atoms with E-state index in [4.69, 9.17) is 16.2 Å². The molecule has 1 aromatic carbocycles. The number of hydrogen-bond donors (Lipinski definition) is 3. The molecule has 0 fully saturated rings. The zero-order valence-electron chi connectivity index (χ0n) is 10.6. The van der Waals surface area contributed by atoms with Gasteiger partial charge in [-0.05, 0) is 31.4 Å². The summed E-state index contributed by atoms with van der Waals surface area (Å²) in [5.41, 5.74) is 6.20. The Morgan fingerprint density at radius 2 is 2.11 bits per heavy atom. The highest BCUT2D eigenvalue weighted by Crippen LogP contribution is 2.22. The van der Waals surface area contributed by atoms with Crippen LogP contribution in [0, 0.1) is 11.2 Å². The van der Waals surface area contributed by atoms with E-state index in [0.29, 0.717) is 5.69 Å². The molecule has 100 valence electrons. The number of aliphatic hydroxyl groups excluding tert-OH is 1. The number of halogens is 1. The number of anilines is 1. The Bertz CT molecular complexity index is 409. The Kier molecular flexibility index (Phi) is 5.58. The van der Waals surface area contributed by atoms with Gasteiger partial charge < -0.3 is 15.7 Å². The third kappa shape index (κ3) is 3.70. The molecule has 0 radical (unpaired) electrons. The first-order valence-electron chi connectivity index (χ1n) is 6.02. The molecule has 0 bridgehead atoms. The fraction of sp³-hybridized carbons (Fsp3) is 0.462. The number of nitrogen functional groups attached to an aromatic ring is 1. The Morgan fingerprint density at radius 3 is 2.72 bits per heavy atom. The summed E-state index contributed by atoms with van der Waals surface area (Å²) in [5, 5.41) is 16.1. The van der Waals surface area contributed by atoms with Crippen LogP contribution in [0.1, 0.15) is 24.8 Å². The van der Waals surface area contributed by atoms with Gasteiger partial charge >= 0.3 is 0 Å². The van der Waals surface area contributed by atoms with E-state index in [2.05, 4.69) is 0 Å². The zero-order valence-corrected chi connectivity index (χ0v) is 10.6. The molecule has 0 aliphatic rings. The summed E-state index contributed by atoms with van der Waals surface area (Å²) in [6, 6.07) is 4.67. The number of unbranched alkanes of at least 4 members (excludes halogenated alkanes) is 2. The van der Waals surface area contributed by atoms with Gasteiger partial charge in [-0.15, -0.1) is 0 Å². The highest BCUT2D eigenvalue weighted by Gasteiger charge is 2.14. The maximum atomic E-state index is 13.6. The lowest BCUT2D eigenvalue weighted by molar-refractivity contribution is 0.283. The van der Waals surface area contributed by atoms with Gasteiger partial charge in [0.1, 0.15) is 11.7 Å². The van der Waals surface area contributed by atoms with E-state index in [1.165, 1.54) is 6.07 Å². The molecule has 0 saturated heterocycles. The van der Waals surface area contributed by atoms with Crippen molar-refractivity contribution in [2.45, 2.75) is 19.3 Å². The van der Waals surface area contributed by atoms with Crippen LogP contribution in [0.25, 0.3) is 0 Å². The summed E-state index contributed by atoms with van der Waals surface area (Å²) in [7, 11) is 1.85. The van der Waals surface area contributed by atoms with Crippen molar-refractivity contribution in [2.75, 3.05) is 25.1 Å². The molecule has 0 saturated carbocycles. The number of rotatable bonds is 7. The minimum Gasteiger partial charge on any atom is -0.396 e. The Balaban J connectivity index is 2.76. The van der Waals surface area contributed by atoms with Crippen LogP contribution in [0.15, 0.2) is 18.2 Å². The first-order chi connectivity index (χ1) is 8.57. The van der Waals surface area contributed by atoms with Crippen LogP contribution >= 0.6 is 0 Å². The lowest BCUT2D eigenvalue weighted by atomic mass is 10.1. The summed E-state index contributed by atoms with van der Waals surface area (Å²) in [4.78, 5) is 1.89. The van der Waals surface area contributed by atoms with Gasteiger partial charge in [0, 0.05) is 20.2 Å². The van der Waals surface area contributed by atoms with Crippen LogP contribution in [0.5, 0.6) is 0 Å². The summed E-state index contributed by atoms with van der Waals surface area (Å²) >= 11 is 0. The number of benzene rings is 1. The molecule has 1 aromatic rings. The third-order valence-electron chi connectivity index (χ3n) is 2.82. The average Bonchev–Trinajstić information content (AvgIpc) is 2.33. The van der Waals surface area contributed by atoms with Gasteiger partial charge in [0.25, 0.3) is 0 Å². The molecule has 0 aromatic heterocycles. The lowest BCUT2D eigenvalue weighted by Crippen LogP contribution is -2.24. The van der Waals surface area contributed by atoms with Gasteiger partial charge in [-0.1, -0.05) is 6.07 Å². The number of nitrogens with two attached hydrogens (primary N) is 1. The zero-order chi connectivity index (χ0) is 13.5. The topological polar surface area (TPSA) is 73.3 Å². The van der Waals surface area contributed by atoms with Gasteiger partial charge in [-0.25, -0.2) is 4.39 Å². The van der Waals surface area contributed by atoms with Crippen LogP contribution in [-0.2, 0) is 0 Å².